The van der Waals surface area contributed by atoms with E-state index >= 15 is 0 Å². The van der Waals surface area contributed by atoms with Crippen molar-refractivity contribution in [2.75, 3.05) is 39.1 Å². The number of fused-ring (bicyclic) bond motifs is 2. The lowest BCUT2D eigenvalue weighted by atomic mass is 9.92. The van der Waals surface area contributed by atoms with Gasteiger partial charge in [-0.2, -0.15) is 0 Å². The van der Waals surface area contributed by atoms with Gasteiger partial charge in [-0.1, -0.05) is 12.1 Å². The molecule has 3 heterocycles. The standard InChI is InChI=1S/C22H30N6/c1-26(2)13-14-27(3)21-11-5-10-20-25-18(16-28(20)21)15-24-19-9-4-7-17-8-6-12-23-22(17)19/h5-6,8,10-12,16,19,24H,4,7,9,13-15H2,1-3H3. The second-order valence-corrected chi connectivity index (χ2v) is 7.94. The Balaban J connectivity index is 1.49. The van der Waals surface area contributed by atoms with Gasteiger partial charge in [-0.3, -0.25) is 9.38 Å². The van der Waals surface area contributed by atoms with Crippen LogP contribution in [0.3, 0.4) is 0 Å². The molecule has 0 spiro atoms. The smallest absolute Gasteiger partial charge is 0.138 e. The Morgan fingerprint density at radius 1 is 1.14 bits per heavy atom. The maximum Gasteiger partial charge on any atom is 0.138 e. The summed E-state index contributed by atoms with van der Waals surface area (Å²) in [5.41, 5.74) is 4.65. The predicted molar refractivity (Wildman–Crippen MR) is 114 cm³/mol. The van der Waals surface area contributed by atoms with Gasteiger partial charge in [0, 0.05) is 39.1 Å². The average Bonchev–Trinajstić information content (AvgIpc) is 3.13. The Morgan fingerprint density at radius 3 is 2.89 bits per heavy atom. The van der Waals surface area contributed by atoms with Crippen LogP contribution in [-0.4, -0.2) is 53.5 Å². The summed E-state index contributed by atoms with van der Waals surface area (Å²) in [6, 6.07) is 10.9. The molecule has 0 bridgehead atoms. The molecule has 1 aliphatic carbocycles. The topological polar surface area (TPSA) is 48.7 Å². The maximum absolute atomic E-state index is 4.83. The molecule has 0 aromatic carbocycles. The van der Waals surface area contributed by atoms with Crippen molar-refractivity contribution >= 4 is 11.5 Å². The summed E-state index contributed by atoms with van der Waals surface area (Å²) in [6.07, 6.45) is 7.54. The van der Waals surface area contributed by atoms with Crippen molar-refractivity contribution in [3.63, 3.8) is 0 Å². The van der Waals surface area contributed by atoms with E-state index in [-0.39, 0.29) is 0 Å². The van der Waals surface area contributed by atoms with Gasteiger partial charge >= 0.3 is 0 Å². The molecule has 4 rings (SSSR count). The SMILES string of the molecule is CN(C)CCN(C)c1cccc2nc(CNC3CCCc4cccnc43)cn12. The number of pyridine rings is 2. The van der Waals surface area contributed by atoms with E-state index in [0.717, 1.165) is 43.8 Å². The van der Waals surface area contributed by atoms with Crippen LogP contribution in [0.15, 0.2) is 42.7 Å². The quantitative estimate of drug-likeness (QED) is 0.685. The maximum atomic E-state index is 4.83. The first-order valence-corrected chi connectivity index (χ1v) is 10.1. The molecule has 148 valence electrons. The molecule has 0 radical (unpaired) electrons. The van der Waals surface area contributed by atoms with Gasteiger partial charge in [0.2, 0.25) is 0 Å². The van der Waals surface area contributed by atoms with Gasteiger partial charge < -0.3 is 15.1 Å². The molecule has 1 aliphatic rings. The van der Waals surface area contributed by atoms with Crippen LogP contribution in [0.5, 0.6) is 0 Å². The number of hydrogen-bond donors (Lipinski definition) is 1. The molecule has 6 nitrogen and oxygen atoms in total. The van der Waals surface area contributed by atoms with E-state index in [4.69, 9.17) is 4.98 Å². The third-order valence-electron chi connectivity index (χ3n) is 5.52. The largest absolute Gasteiger partial charge is 0.359 e. The molecule has 0 saturated carbocycles. The van der Waals surface area contributed by atoms with Crippen molar-refractivity contribution in [3.8, 4) is 0 Å². The lowest BCUT2D eigenvalue weighted by Gasteiger charge is -2.24. The molecule has 0 aliphatic heterocycles. The summed E-state index contributed by atoms with van der Waals surface area (Å²) >= 11 is 0. The number of rotatable bonds is 7. The number of anilines is 1. The van der Waals surface area contributed by atoms with E-state index in [1.54, 1.807) is 0 Å². The van der Waals surface area contributed by atoms with Crippen molar-refractivity contribution in [1.29, 1.82) is 0 Å². The molecule has 3 aromatic heterocycles. The predicted octanol–water partition coefficient (Wildman–Crippen LogP) is 2.89. The Bertz CT molecular complexity index is 932. The van der Waals surface area contributed by atoms with Crippen molar-refractivity contribution in [2.24, 2.45) is 0 Å². The Kier molecular flexibility index (Phi) is 5.59. The highest BCUT2D eigenvalue weighted by Gasteiger charge is 2.21. The van der Waals surface area contributed by atoms with Crippen molar-refractivity contribution < 1.29 is 0 Å². The first-order valence-electron chi connectivity index (χ1n) is 10.1. The Morgan fingerprint density at radius 2 is 2.04 bits per heavy atom. The average molecular weight is 379 g/mol. The lowest BCUT2D eigenvalue weighted by molar-refractivity contribution is 0.416. The van der Waals surface area contributed by atoms with E-state index in [0.29, 0.717) is 6.04 Å². The van der Waals surface area contributed by atoms with E-state index in [1.807, 2.05) is 12.3 Å². The summed E-state index contributed by atoms with van der Waals surface area (Å²) in [4.78, 5) is 14.0. The van der Waals surface area contributed by atoms with Crippen LogP contribution in [0, 0.1) is 0 Å². The zero-order valence-electron chi connectivity index (χ0n) is 17.1. The molecule has 6 heteroatoms. The van der Waals surface area contributed by atoms with Crippen LogP contribution in [0.25, 0.3) is 5.65 Å². The van der Waals surface area contributed by atoms with Gasteiger partial charge in [0.05, 0.1) is 17.4 Å². The fourth-order valence-corrected chi connectivity index (χ4v) is 3.94. The first kappa shape index (κ1) is 18.9. The van der Waals surface area contributed by atoms with Gasteiger partial charge in [0.15, 0.2) is 0 Å². The van der Waals surface area contributed by atoms with Crippen LogP contribution in [-0.2, 0) is 13.0 Å². The monoisotopic (exact) mass is 378 g/mol. The molecule has 0 saturated heterocycles. The highest BCUT2D eigenvalue weighted by molar-refractivity contribution is 5.52. The number of nitrogens with one attached hydrogen (secondary N) is 1. The summed E-state index contributed by atoms with van der Waals surface area (Å²) in [7, 11) is 6.35. The molecule has 1 atom stereocenters. The summed E-state index contributed by atoms with van der Waals surface area (Å²) in [5.74, 6) is 1.17. The van der Waals surface area contributed by atoms with Gasteiger partial charge in [0.25, 0.3) is 0 Å². The number of imidazole rings is 1. The van der Waals surface area contributed by atoms with Gasteiger partial charge in [-0.05, 0) is 57.1 Å². The minimum atomic E-state index is 0.317. The summed E-state index contributed by atoms with van der Waals surface area (Å²) < 4.78 is 2.19. The zero-order valence-corrected chi connectivity index (χ0v) is 17.1. The van der Waals surface area contributed by atoms with Crippen LogP contribution in [0.2, 0.25) is 0 Å². The molecule has 0 fully saturated rings. The third-order valence-corrected chi connectivity index (χ3v) is 5.52. The second-order valence-electron chi connectivity index (χ2n) is 7.94. The molecular formula is C22H30N6. The van der Waals surface area contributed by atoms with Gasteiger partial charge in [-0.15, -0.1) is 0 Å². The zero-order chi connectivity index (χ0) is 19.5. The third kappa shape index (κ3) is 4.03. The number of aromatic nitrogens is 3. The van der Waals surface area contributed by atoms with E-state index in [9.17, 15) is 0 Å². The van der Waals surface area contributed by atoms with Crippen molar-refractivity contribution in [1.82, 2.24) is 24.6 Å². The molecule has 3 aromatic rings. The summed E-state index contributed by atoms with van der Waals surface area (Å²) in [6.45, 7) is 2.75. The van der Waals surface area contributed by atoms with E-state index in [2.05, 4.69) is 76.1 Å². The molecular weight excluding hydrogens is 348 g/mol. The Hall–Kier alpha value is -2.44. The summed E-state index contributed by atoms with van der Waals surface area (Å²) in [5, 5.41) is 3.69. The normalized spacial score (nSPS) is 16.5. The number of likely N-dealkylation sites (N-methyl/N-ethyl adjacent to an activating group) is 2. The van der Waals surface area contributed by atoms with Crippen molar-refractivity contribution in [3.05, 3.63) is 59.7 Å². The van der Waals surface area contributed by atoms with Gasteiger partial charge in [0.1, 0.15) is 11.5 Å². The van der Waals surface area contributed by atoms with Crippen LogP contribution < -0.4 is 10.2 Å². The fraction of sp³-hybridized carbons (Fsp3) is 0.455. The Labute approximate surface area is 167 Å². The fourth-order valence-electron chi connectivity index (χ4n) is 3.94. The van der Waals surface area contributed by atoms with E-state index < -0.39 is 0 Å². The van der Waals surface area contributed by atoms with Crippen LogP contribution in [0.4, 0.5) is 5.82 Å². The number of hydrogen-bond acceptors (Lipinski definition) is 5. The minimum absolute atomic E-state index is 0.317. The highest BCUT2D eigenvalue weighted by Crippen LogP contribution is 2.28. The molecule has 1 N–H and O–H groups in total. The molecule has 0 amide bonds. The van der Waals surface area contributed by atoms with Gasteiger partial charge in [-0.25, -0.2) is 4.98 Å². The van der Waals surface area contributed by atoms with Crippen molar-refractivity contribution in [2.45, 2.75) is 31.8 Å². The molecule has 1 unspecified atom stereocenters. The second kappa shape index (κ2) is 8.29. The van der Waals surface area contributed by atoms with Crippen LogP contribution >= 0.6 is 0 Å². The number of nitrogens with zero attached hydrogens (tertiary/aromatic N) is 5. The molecule has 28 heavy (non-hydrogen) atoms. The minimum Gasteiger partial charge on any atom is -0.359 e. The van der Waals surface area contributed by atoms with E-state index in [1.165, 1.54) is 23.5 Å². The first-order chi connectivity index (χ1) is 13.6. The highest BCUT2D eigenvalue weighted by atomic mass is 15.2. The van der Waals surface area contributed by atoms with Crippen LogP contribution in [0.1, 0.15) is 35.8 Å². The number of aryl methyl sites for hydroxylation is 1. The lowest BCUT2D eigenvalue weighted by Crippen LogP contribution is -2.29.